The molecular formula is C15H19N5O3. The number of aromatic nitrogens is 3. The van der Waals surface area contributed by atoms with E-state index in [9.17, 15) is 9.59 Å². The lowest BCUT2D eigenvalue weighted by Gasteiger charge is -2.29. The van der Waals surface area contributed by atoms with E-state index in [4.69, 9.17) is 0 Å². The van der Waals surface area contributed by atoms with Gasteiger partial charge in [0.05, 0.1) is 31.0 Å². The fraction of sp³-hybridized carbons (Fsp3) is 0.467. The number of nitrogens with zero attached hydrogens (tertiary/aromatic N) is 4. The van der Waals surface area contributed by atoms with Crippen LogP contribution >= 0.6 is 0 Å². The number of hydrogen-bond acceptors (Lipinski definition) is 5. The van der Waals surface area contributed by atoms with Crippen LogP contribution in [0.25, 0.3) is 0 Å². The van der Waals surface area contributed by atoms with Crippen molar-refractivity contribution in [1.29, 1.82) is 0 Å². The van der Waals surface area contributed by atoms with E-state index in [2.05, 4.69) is 20.1 Å². The second-order valence-electron chi connectivity index (χ2n) is 5.83. The van der Waals surface area contributed by atoms with Crippen LogP contribution in [0.15, 0.2) is 22.9 Å². The Kier molecular flexibility index (Phi) is 4.14. The van der Waals surface area contributed by atoms with Crippen LogP contribution in [0.5, 0.6) is 0 Å². The summed E-state index contributed by atoms with van der Waals surface area (Å²) in [5.74, 6) is -0.162. The molecule has 122 valence electrons. The summed E-state index contributed by atoms with van der Waals surface area (Å²) in [5.41, 5.74) is 1.98. The van der Waals surface area contributed by atoms with Crippen molar-refractivity contribution < 1.29 is 14.1 Å². The predicted molar refractivity (Wildman–Crippen MR) is 80.2 cm³/mol. The van der Waals surface area contributed by atoms with Crippen molar-refractivity contribution in [2.75, 3.05) is 6.54 Å². The Balaban J connectivity index is 1.62. The molecule has 0 radical (unpaired) electrons. The summed E-state index contributed by atoms with van der Waals surface area (Å²) in [4.78, 5) is 25.7. The summed E-state index contributed by atoms with van der Waals surface area (Å²) in [7, 11) is 0. The minimum atomic E-state index is -0.304. The quantitative estimate of drug-likeness (QED) is 0.900. The zero-order valence-electron chi connectivity index (χ0n) is 13.2. The number of carbonyl (C=O) groups excluding carboxylic acids is 2. The molecule has 23 heavy (non-hydrogen) atoms. The largest absolute Gasteiger partial charge is 0.364 e. The van der Waals surface area contributed by atoms with Crippen molar-refractivity contribution in [3.05, 3.63) is 35.5 Å². The fourth-order valence-electron chi connectivity index (χ4n) is 2.56. The van der Waals surface area contributed by atoms with Gasteiger partial charge >= 0.3 is 0 Å². The molecule has 0 saturated carbocycles. The number of rotatable bonds is 4. The Morgan fingerprint density at radius 3 is 2.91 bits per heavy atom. The molecule has 8 nitrogen and oxygen atoms in total. The molecule has 1 aliphatic heterocycles. The molecule has 0 saturated heterocycles. The third-order valence-corrected chi connectivity index (χ3v) is 3.75. The molecule has 0 spiro atoms. The van der Waals surface area contributed by atoms with Gasteiger partial charge in [-0.25, -0.2) is 0 Å². The van der Waals surface area contributed by atoms with Crippen molar-refractivity contribution >= 4 is 11.8 Å². The van der Waals surface area contributed by atoms with E-state index in [0.29, 0.717) is 26.2 Å². The Labute approximate surface area is 133 Å². The highest BCUT2D eigenvalue weighted by atomic mass is 16.5. The van der Waals surface area contributed by atoms with E-state index in [1.807, 2.05) is 29.5 Å². The number of amides is 2. The van der Waals surface area contributed by atoms with Gasteiger partial charge in [0, 0.05) is 18.5 Å². The van der Waals surface area contributed by atoms with Crippen LogP contribution in [-0.4, -0.2) is 38.2 Å². The van der Waals surface area contributed by atoms with Gasteiger partial charge in [0.2, 0.25) is 5.91 Å². The molecule has 3 heterocycles. The second kappa shape index (κ2) is 6.23. The topological polar surface area (TPSA) is 93.3 Å². The molecular weight excluding hydrogens is 298 g/mol. The van der Waals surface area contributed by atoms with Crippen molar-refractivity contribution in [2.24, 2.45) is 5.92 Å². The molecule has 8 heteroatoms. The normalized spacial score (nSPS) is 14.0. The highest BCUT2D eigenvalue weighted by Gasteiger charge is 2.24. The first-order valence-electron chi connectivity index (χ1n) is 7.57. The molecule has 0 fully saturated rings. The predicted octanol–water partition coefficient (Wildman–Crippen LogP) is 0.799. The van der Waals surface area contributed by atoms with E-state index < -0.39 is 0 Å². The van der Waals surface area contributed by atoms with Gasteiger partial charge in [-0.15, -0.1) is 0 Å². The van der Waals surface area contributed by atoms with Crippen LogP contribution in [0.3, 0.4) is 0 Å². The van der Waals surface area contributed by atoms with E-state index >= 15 is 0 Å². The maximum Gasteiger partial charge on any atom is 0.273 e. The zero-order valence-corrected chi connectivity index (χ0v) is 13.2. The Hall–Kier alpha value is -2.64. The van der Waals surface area contributed by atoms with Gasteiger partial charge in [0.15, 0.2) is 5.69 Å². The monoisotopic (exact) mass is 317 g/mol. The number of carbonyl (C=O) groups is 2. The maximum atomic E-state index is 12.1. The van der Waals surface area contributed by atoms with Crippen molar-refractivity contribution in [3.63, 3.8) is 0 Å². The van der Waals surface area contributed by atoms with Gasteiger partial charge in [-0.3, -0.25) is 14.3 Å². The fourth-order valence-corrected chi connectivity index (χ4v) is 2.56. The van der Waals surface area contributed by atoms with Crippen LogP contribution in [0, 0.1) is 5.92 Å². The lowest BCUT2D eigenvalue weighted by atomic mass is 10.1. The van der Waals surface area contributed by atoms with E-state index in [0.717, 1.165) is 11.4 Å². The van der Waals surface area contributed by atoms with Gasteiger partial charge in [-0.05, 0) is 6.07 Å². The summed E-state index contributed by atoms with van der Waals surface area (Å²) in [6, 6.07) is 3.42. The SMILES string of the molecule is CC(C)C(=O)N1CCn2nc(CNC(=O)c3ccon3)cc2C1. The average Bonchev–Trinajstić information content (AvgIpc) is 3.19. The van der Waals surface area contributed by atoms with Gasteiger partial charge in [0.25, 0.3) is 5.91 Å². The number of fused-ring (bicyclic) bond motifs is 1. The molecule has 1 N–H and O–H groups in total. The number of nitrogens with one attached hydrogen (secondary N) is 1. The number of hydrogen-bond donors (Lipinski definition) is 1. The lowest BCUT2D eigenvalue weighted by molar-refractivity contribution is -0.136. The van der Waals surface area contributed by atoms with Crippen molar-refractivity contribution in [2.45, 2.75) is 33.5 Å². The summed E-state index contributed by atoms with van der Waals surface area (Å²) < 4.78 is 6.53. The van der Waals surface area contributed by atoms with Crippen molar-refractivity contribution in [1.82, 2.24) is 25.2 Å². The zero-order chi connectivity index (χ0) is 16.4. The highest BCUT2D eigenvalue weighted by molar-refractivity contribution is 5.91. The summed E-state index contributed by atoms with van der Waals surface area (Å²) in [6.45, 7) is 6.00. The average molecular weight is 317 g/mol. The molecule has 0 aliphatic carbocycles. The summed E-state index contributed by atoms with van der Waals surface area (Å²) in [5, 5.41) is 10.8. The van der Waals surface area contributed by atoms with Gasteiger partial charge in [-0.2, -0.15) is 5.10 Å². The minimum absolute atomic E-state index is 0.00862. The lowest BCUT2D eigenvalue weighted by Crippen LogP contribution is -2.40. The van der Waals surface area contributed by atoms with Gasteiger partial charge in [-0.1, -0.05) is 19.0 Å². The molecule has 2 amide bonds. The summed E-state index contributed by atoms with van der Waals surface area (Å²) in [6.07, 6.45) is 1.35. The molecule has 1 aliphatic rings. The Bertz CT molecular complexity index is 705. The Morgan fingerprint density at radius 2 is 2.22 bits per heavy atom. The molecule has 2 aromatic rings. The smallest absolute Gasteiger partial charge is 0.273 e. The van der Waals surface area contributed by atoms with E-state index in [1.54, 1.807) is 0 Å². The van der Waals surface area contributed by atoms with Crippen LogP contribution in [-0.2, 0) is 24.4 Å². The van der Waals surface area contributed by atoms with Crippen LogP contribution in [0.1, 0.15) is 35.7 Å². The standard InChI is InChI=1S/C15H19N5O3/c1-10(2)15(22)19-4-5-20-12(9-19)7-11(17-20)8-16-14(21)13-3-6-23-18-13/h3,6-7,10H,4-5,8-9H2,1-2H3,(H,16,21). The molecule has 0 unspecified atom stereocenters. The molecule has 0 atom stereocenters. The Morgan fingerprint density at radius 1 is 1.39 bits per heavy atom. The first-order chi connectivity index (χ1) is 11.0. The first kappa shape index (κ1) is 15.3. The maximum absolute atomic E-state index is 12.1. The second-order valence-corrected chi connectivity index (χ2v) is 5.83. The minimum Gasteiger partial charge on any atom is -0.364 e. The third kappa shape index (κ3) is 3.25. The van der Waals surface area contributed by atoms with E-state index in [-0.39, 0.29) is 23.4 Å². The van der Waals surface area contributed by atoms with E-state index in [1.165, 1.54) is 12.3 Å². The van der Waals surface area contributed by atoms with Crippen LogP contribution in [0.2, 0.25) is 0 Å². The van der Waals surface area contributed by atoms with Gasteiger partial charge in [0.1, 0.15) is 6.26 Å². The first-order valence-corrected chi connectivity index (χ1v) is 7.57. The third-order valence-electron chi connectivity index (χ3n) is 3.75. The van der Waals surface area contributed by atoms with Crippen LogP contribution in [0.4, 0.5) is 0 Å². The highest BCUT2D eigenvalue weighted by Crippen LogP contribution is 2.16. The van der Waals surface area contributed by atoms with Crippen molar-refractivity contribution in [3.8, 4) is 0 Å². The molecule has 0 bridgehead atoms. The molecule has 3 rings (SSSR count). The molecule has 2 aromatic heterocycles. The van der Waals surface area contributed by atoms with Crippen LogP contribution < -0.4 is 5.32 Å². The van der Waals surface area contributed by atoms with Gasteiger partial charge < -0.3 is 14.7 Å². The summed E-state index contributed by atoms with van der Waals surface area (Å²) >= 11 is 0. The molecule has 0 aromatic carbocycles.